The molecule has 0 bridgehead atoms. The number of rotatable bonds is 23. The van der Waals surface area contributed by atoms with E-state index < -0.39 is 12.1 Å². The van der Waals surface area contributed by atoms with Gasteiger partial charge in [0.15, 0.2) is 0 Å². The SMILES string of the molecule is CCCCCCCCCCCCC[C@@H](O)[C@H](CO)NC(=O)CCCCCCCCC. The smallest absolute Gasteiger partial charge is 0.220 e. The first-order chi connectivity index (χ1) is 14.7. The molecule has 0 heterocycles. The van der Waals surface area contributed by atoms with Crippen molar-refractivity contribution in [3.63, 3.8) is 0 Å². The Bertz CT molecular complexity index is 362. The minimum absolute atomic E-state index is 0.0411. The third-order valence-corrected chi connectivity index (χ3v) is 6.12. The molecule has 0 unspecified atom stereocenters. The summed E-state index contributed by atoms with van der Waals surface area (Å²) in [5.41, 5.74) is 0. The van der Waals surface area contributed by atoms with Gasteiger partial charge in [-0.1, -0.05) is 123 Å². The van der Waals surface area contributed by atoms with E-state index in [1.54, 1.807) is 0 Å². The summed E-state index contributed by atoms with van der Waals surface area (Å²) < 4.78 is 0. The van der Waals surface area contributed by atoms with Crippen molar-refractivity contribution in [2.45, 2.75) is 154 Å². The molecule has 0 aliphatic heterocycles. The predicted molar refractivity (Wildman–Crippen MR) is 129 cm³/mol. The van der Waals surface area contributed by atoms with Crippen LogP contribution < -0.4 is 5.32 Å². The fraction of sp³-hybridized carbons (Fsp3) is 0.962. The number of hydrogen-bond donors (Lipinski definition) is 3. The number of aliphatic hydroxyl groups excluding tert-OH is 2. The number of nitrogens with one attached hydrogen (secondary N) is 1. The molecule has 0 aromatic carbocycles. The van der Waals surface area contributed by atoms with Crippen molar-refractivity contribution in [3.8, 4) is 0 Å². The van der Waals surface area contributed by atoms with Crippen LogP contribution in [0.15, 0.2) is 0 Å². The van der Waals surface area contributed by atoms with Crippen molar-refractivity contribution < 1.29 is 15.0 Å². The zero-order valence-corrected chi connectivity index (χ0v) is 20.3. The van der Waals surface area contributed by atoms with E-state index in [1.165, 1.54) is 89.9 Å². The van der Waals surface area contributed by atoms with Crippen LogP contribution in [-0.4, -0.2) is 34.9 Å². The Morgan fingerprint density at radius 1 is 0.667 bits per heavy atom. The van der Waals surface area contributed by atoms with Gasteiger partial charge in [-0.2, -0.15) is 0 Å². The Kier molecular flexibility index (Phi) is 22.6. The number of unbranched alkanes of at least 4 members (excludes halogenated alkanes) is 16. The molecule has 0 saturated heterocycles. The van der Waals surface area contributed by atoms with Gasteiger partial charge in [-0.25, -0.2) is 0 Å². The monoisotopic (exact) mass is 427 g/mol. The topological polar surface area (TPSA) is 69.6 Å². The molecule has 0 fully saturated rings. The molecular weight excluding hydrogens is 374 g/mol. The standard InChI is InChI=1S/C26H53NO3/c1-3-5-7-9-11-12-13-14-16-17-19-21-25(29)24(23-28)27-26(30)22-20-18-15-10-8-6-4-2/h24-25,28-29H,3-23H2,1-2H3,(H,27,30)/t24-,25+/m0/s1. The van der Waals surface area contributed by atoms with Crippen molar-refractivity contribution in [1.82, 2.24) is 5.32 Å². The number of hydrogen-bond acceptors (Lipinski definition) is 3. The highest BCUT2D eigenvalue weighted by Gasteiger charge is 2.19. The van der Waals surface area contributed by atoms with Crippen LogP contribution in [0.3, 0.4) is 0 Å². The van der Waals surface area contributed by atoms with Gasteiger partial charge in [-0.05, 0) is 12.8 Å². The third-order valence-electron chi connectivity index (χ3n) is 6.12. The summed E-state index contributed by atoms with van der Waals surface area (Å²) in [5, 5.41) is 22.7. The van der Waals surface area contributed by atoms with E-state index in [0.29, 0.717) is 12.8 Å². The molecule has 1 amide bonds. The quantitative estimate of drug-likeness (QED) is 0.160. The van der Waals surface area contributed by atoms with Gasteiger partial charge in [-0.3, -0.25) is 4.79 Å². The summed E-state index contributed by atoms with van der Waals surface area (Å²) in [4.78, 5) is 12.1. The lowest BCUT2D eigenvalue weighted by Crippen LogP contribution is -2.45. The van der Waals surface area contributed by atoms with E-state index >= 15 is 0 Å². The molecule has 30 heavy (non-hydrogen) atoms. The number of carbonyl (C=O) groups excluding carboxylic acids is 1. The number of carbonyl (C=O) groups is 1. The van der Waals surface area contributed by atoms with Crippen LogP contribution in [0.2, 0.25) is 0 Å². The summed E-state index contributed by atoms with van der Waals surface area (Å²) in [6.45, 7) is 4.28. The second-order valence-electron chi connectivity index (χ2n) is 9.12. The van der Waals surface area contributed by atoms with Crippen molar-refractivity contribution in [3.05, 3.63) is 0 Å². The van der Waals surface area contributed by atoms with Crippen molar-refractivity contribution in [2.75, 3.05) is 6.61 Å². The summed E-state index contributed by atoms with van der Waals surface area (Å²) in [5.74, 6) is -0.0411. The van der Waals surface area contributed by atoms with Gasteiger partial charge >= 0.3 is 0 Å². The maximum absolute atomic E-state index is 12.1. The van der Waals surface area contributed by atoms with Crippen LogP contribution in [0.4, 0.5) is 0 Å². The Hall–Kier alpha value is -0.610. The Balaban J connectivity index is 3.63. The normalized spacial score (nSPS) is 13.3. The van der Waals surface area contributed by atoms with Crippen LogP contribution in [0.1, 0.15) is 142 Å². The zero-order chi connectivity index (χ0) is 22.3. The number of aliphatic hydroxyl groups is 2. The van der Waals surface area contributed by atoms with Crippen LogP contribution in [-0.2, 0) is 4.79 Å². The first-order valence-corrected chi connectivity index (χ1v) is 13.2. The van der Waals surface area contributed by atoms with Crippen molar-refractivity contribution in [1.29, 1.82) is 0 Å². The fourth-order valence-electron chi connectivity index (χ4n) is 4.00. The van der Waals surface area contributed by atoms with Gasteiger partial charge in [0, 0.05) is 6.42 Å². The molecule has 4 heteroatoms. The van der Waals surface area contributed by atoms with E-state index in [4.69, 9.17) is 0 Å². The molecule has 2 atom stereocenters. The first-order valence-electron chi connectivity index (χ1n) is 13.2. The van der Waals surface area contributed by atoms with E-state index in [0.717, 1.165) is 25.7 Å². The molecular formula is C26H53NO3. The zero-order valence-electron chi connectivity index (χ0n) is 20.3. The molecule has 3 N–H and O–H groups in total. The molecule has 180 valence electrons. The lowest BCUT2D eigenvalue weighted by molar-refractivity contribution is -0.123. The highest BCUT2D eigenvalue weighted by atomic mass is 16.3. The molecule has 0 aromatic rings. The molecule has 0 rings (SSSR count). The molecule has 0 aliphatic rings. The summed E-state index contributed by atoms with van der Waals surface area (Å²) in [6.07, 6.45) is 22.9. The summed E-state index contributed by atoms with van der Waals surface area (Å²) >= 11 is 0. The number of amides is 1. The average molecular weight is 428 g/mol. The second kappa shape index (κ2) is 23.1. The maximum atomic E-state index is 12.1. The Morgan fingerprint density at radius 2 is 1.07 bits per heavy atom. The highest BCUT2D eigenvalue weighted by Crippen LogP contribution is 2.14. The Labute approximate surface area is 187 Å². The first kappa shape index (κ1) is 29.4. The third kappa shape index (κ3) is 19.4. The van der Waals surface area contributed by atoms with Crippen molar-refractivity contribution in [2.24, 2.45) is 0 Å². The van der Waals surface area contributed by atoms with Gasteiger partial charge in [0.1, 0.15) is 0 Å². The lowest BCUT2D eigenvalue weighted by atomic mass is 10.0. The minimum Gasteiger partial charge on any atom is -0.394 e. The van der Waals surface area contributed by atoms with E-state index in [2.05, 4.69) is 19.2 Å². The summed E-state index contributed by atoms with van der Waals surface area (Å²) in [6, 6.07) is -0.523. The predicted octanol–water partition coefficient (Wildman–Crippen LogP) is 6.67. The van der Waals surface area contributed by atoms with Crippen LogP contribution in [0.25, 0.3) is 0 Å². The maximum Gasteiger partial charge on any atom is 0.220 e. The molecule has 0 spiro atoms. The van der Waals surface area contributed by atoms with Gasteiger partial charge < -0.3 is 15.5 Å². The van der Waals surface area contributed by atoms with Crippen LogP contribution in [0.5, 0.6) is 0 Å². The molecule has 0 aliphatic carbocycles. The minimum atomic E-state index is -0.647. The lowest BCUT2D eigenvalue weighted by Gasteiger charge is -2.22. The molecule has 4 nitrogen and oxygen atoms in total. The molecule has 0 aromatic heterocycles. The van der Waals surface area contributed by atoms with Gasteiger partial charge in [0.05, 0.1) is 18.8 Å². The van der Waals surface area contributed by atoms with Crippen molar-refractivity contribution >= 4 is 5.91 Å². The summed E-state index contributed by atoms with van der Waals surface area (Å²) in [7, 11) is 0. The highest BCUT2D eigenvalue weighted by molar-refractivity contribution is 5.76. The van der Waals surface area contributed by atoms with Gasteiger partial charge in [-0.15, -0.1) is 0 Å². The van der Waals surface area contributed by atoms with Crippen LogP contribution in [0, 0.1) is 0 Å². The Morgan fingerprint density at radius 3 is 1.50 bits per heavy atom. The molecule has 0 radical (unpaired) electrons. The van der Waals surface area contributed by atoms with Crippen LogP contribution >= 0.6 is 0 Å². The fourth-order valence-corrected chi connectivity index (χ4v) is 4.00. The van der Waals surface area contributed by atoms with Gasteiger partial charge in [0.25, 0.3) is 0 Å². The molecule has 0 saturated carbocycles. The van der Waals surface area contributed by atoms with Gasteiger partial charge in [0.2, 0.25) is 5.91 Å². The largest absolute Gasteiger partial charge is 0.394 e. The van der Waals surface area contributed by atoms with E-state index in [1.807, 2.05) is 0 Å². The average Bonchev–Trinajstić information content (AvgIpc) is 2.75. The second-order valence-corrected chi connectivity index (χ2v) is 9.12. The van der Waals surface area contributed by atoms with E-state index in [9.17, 15) is 15.0 Å². The van der Waals surface area contributed by atoms with E-state index in [-0.39, 0.29) is 12.5 Å².